The zero-order valence-corrected chi connectivity index (χ0v) is 19.0. The number of nitrogens with zero attached hydrogens (tertiary/aromatic N) is 2. The lowest BCUT2D eigenvalue weighted by Gasteiger charge is -2.36. The molecule has 1 aromatic rings. The van der Waals surface area contributed by atoms with Crippen molar-refractivity contribution >= 4 is 26.9 Å². The second kappa shape index (κ2) is 8.42. The predicted molar refractivity (Wildman–Crippen MR) is 112 cm³/mol. The zero-order chi connectivity index (χ0) is 23.0. The monoisotopic (exact) mass is 459 g/mol. The van der Waals surface area contributed by atoms with Crippen molar-refractivity contribution < 1.29 is 22.3 Å². The minimum Gasteiger partial charge on any atom is -0.598 e. The number of non-ortho nitro benzene ring substituents is 1. The van der Waals surface area contributed by atoms with E-state index in [-0.39, 0.29) is 18.4 Å². The van der Waals surface area contributed by atoms with E-state index in [9.17, 15) is 32.7 Å². The van der Waals surface area contributed by atoms with Gasteiger partial charge >= 0.3 is 0 Å². The van der Waals surface area contributed by atoms with Gasteiger partial charge in [-0.1, -0.05) is 12.8 Å². The normalized spacial score (nSPS) is 19.6. The largest absolute Gasteiger partial charge is 0.598 e. The molecular weight excluding hydrogens is 433 g/mol. The molecular formula is C19H26FN3O5S2. The molecule has 0 radical (unpaired) electrons. The summed E-state index contributed by atoms with van der Waals surface area (Å²) in [6.45, 7) is 6.31. The van der Waals surface area contributed by atoms with Crippen LogP contribution in [0.1, 0.15) is 58.9 Å². The molecule has 1 N–H and O–H groups in total. The highest BCUT2D eigenvalue weighted by atomic mass is 32.2. The summed E-state index contributed by atoms with van der Waals surface area (Å²) >= 11 is -1.82. The Hall–Kier alpha value is -1.74. The van der Waals surface area contributed by atoms with E-state index in [1.54, 1.807) is 20.8 Å². The van der Waals surface area contributed by atoms with Gasteiger partial charge in [0.15, 0.2) is 14.6 Å². The van der Waals surface area contributed by atoms with Crippen LogP contribution in [-0.4, -0.2) is 33.1 Å². The number of nitrogens with one attached hydrogen (secondary N) is 1. The van der Waals surface area contributed by atoms with E-state index in [2.05, 4.69) is 4.72 Å². The van der Waals surface area contributed by atoms with E-state index >= 15 is 0 Å². The summed E-state index contributed by atoms with van der Waals surface area (Å²) in [5.74, 6) is -1.60. The molecule has 0 spiro atoms. The van der Waals surface area contributed by atoms with Crippen molar-refractivity contribution in [2.75, 3.05) is 5.75 Å². The molecule has 0 amide bonds. The topological polar surface area (TPSA) is 136 Å². The van der Waals surface area contributed by atoms with Crippen molar-refractivity contribution in [1.29, 1.82) is 5.26 Å². The highest BCUT2D eigenvalue weighted by Gasteiger charge is 2.52. The molecule has 0 saturated heterocycles. The summed E-state index contributed by atoms with van der Waals surface area (Å²) in [6.07, 6.45) is 1.50. The van der Waals surface area contributed by atoms with Crippen molar-refractivity contribution in [3.05, 3.63) is 39.7 Å². The molecule has 1 aliphatic carbocycles. The second-order valence-electron chi connectivity index (χ2n) is 8.81. The maximum absolute atomic E-state index is 14.8. The molecule has 0 aliphatic heterocycles. The van der Waals surface area contributed by atoms with Crippen LogP contribution in [0.2, 0.25) is 0 Å². The summed E-state index contributed by atoms with van der Waals surface area (Å²) in [5.41, 5.74) is -2.47. The van der Waals surface area contributed by atoms with E-state index in [0.29, 0.717) is 12.8 Å². The molecule has 0 heterocycles. The van der Waals surface area contributed by atoms with Crippen LogP contribution in [0.3, 0.4) is 0 Å². The summed E-state index contributed by atoms with van der Waals surface area (Å²) < 4.78 is 54.5. The van der Waals surface area contributed by atoms with Crippen molar-refractivity contribution in [3.8, 4) is 6.07 Å². The molecule has 0 unspecified atom stereocenters. The number of sulfone groups is 1. The lowest BCUT2D eigenvalue weighted by Crippen LogP contribution is -2.55. The molecule has 166 valence electrons. The maximum atomic E-state index is 14.8. The Balaban J connectivity index is 2.62. The summed E-state index contributed by atoms with van der Waals surface area (Å²) in [5, 5.41) is 20.8. The Bertz CT molecular complexity index is 965. The van der Waals surface area contributed by atoms with Crippen molar-refractivity contribution in [1.82, 2.24) is 4.72 Å². The maximum Gasteiger partial charge on any atom is 0.269 e. The molecule has 11 heteroatoms. The van der Waals surface area contributed by atoms with Gasteiger partial charge in [-0.25, -0.2) is 12.8 Å². The Morgan fingerprint density at radius 1 is 1.30 bits per heavy atom. The zero-order valence-electron chi connectivity index (χ0n) is 17.4. The summed E-state index contributed by atoms with van der Waals surface area (Å²) in [4.78, 5) is 10.5. The molecule has 1 aromatic carbocycles. The number of halogens is 1. The van der Waals surface area contributed by atoms with Gasteiger partial charge in [0.05, 0.1) is 16.7 Å². The quantitative estimate of drug-likeness (QED) is 0.375. The van der Waals surface area contributed by atoms with Crippen LogP contribution in [0.15, 0.2) is 18.2 Å². The first-order chi connectivity index (χ1) is 13.7. The average molecular weight is 460 g/mol. The van der Waals surface area contributed by atoms with E-state index in [1.165, 1.54) is 6.92 Å². The van der Waals surface area contributed by atoms with Gasteiger partial charge in [0.2, 0.25) is 0 Å². The van der Waals surface area contributed by atoms with Crippen LogP contribution >= 0.6 is 0 Å². The first-order valence-corrected chi connectivity index (χ1v) is 12.3. The van der Waals surface area contributed by atoms with E-state index < -0.39 is 58.4 Å². The van der Waals surface area contributed by atoms with Crippen LogP contribution < -0.4 is 4.72 Å². The molecule has 0 bridgehead atoms. The Kier molecular flexibility index (Phi) is 6.88. The lowest BCUT2D eigenvalue weighted by molar-refractivity contribution is -0.385. The lowest BCUT2D eigenvalue weighted by atomic mass is 9.94. The predicted octanol–water partition coefficient (Wildman–Crippen LogP) is 3.25. The summed E-state index contributed by atoms with van der Waals surface area (Å²) in [7, 11) is -4.11. The fraction of sp³-hybridized carbons (Fsp3) is 0.632. The fourth-order valence-corrected chi connectivity index (χ4v) is 6.83. The molecule has 8 nitrogen and oxygen atoms in total. The Morgan fingerprint density at radius 2 is 1.87 bits per heavy atom. The number of hydrogen-bond acceptors (Lipinski definition) is 7. The molecule has 2 rings (SSSR count). The molecule has 2 atom stereocenters. The van der Waals surface area contributed by atoms with Gasteiger partial charge in [0.1, 0.15) is 16.1 Å². The molecule has 1 saturated carbocycles. The second-order valence-corrected chi connectivity index (χ2v) is 13.1. The number of nitro groups is 1. The van der Waals surface area contributed by atoms with Gasteiger partial charge < -0.3 is 4.55 Å². The third kappa shape index (κ3) is 4.77. The average Bonchev–Trinajstić information content (AvgIpc) is 3.11. The first kappa shape index (κ1) is 24.5. The number of nitro benzene ring substituents is 1. The smallest absolute Gasteiger partial charge is 0.269 e. The highest BCUT2D eigenvalue weighted by molar-refractivity contribution is 7.93. The standard InChI is InChI=1S/C19H26FN3O5S2/c1-17(2,3)29(26)22-18(4,15-11-14(23(24)25)7-8-16(15)20)13-30(27,28)19(12-21)9-5-6-10-19/h7-8,11,22H,5-6,9-10,13H2,1-4H3/t18-,29+/m0/s1. The number of nitriles is 1. The van der Waals surface area contributed by atoms with Crippen LogP contribution in [0.25, 0.3) is 0 Å². The number of rotatable bonds is 7. The van der Waals surface area contributed by atoms with E-state index in [4.69, 9.17) is 0 Å². The van der Waals surface area contributed by atoms with Gasteiger partial charge in [0, 0.05) is 29.1 Å². The van der Waals surface area contributed by atoms with Crippen molar-refractivity contribution in [3.63, 3.8) is 0 Å². The van der Waals surface area contributed by atoms with E-state index in [1.807, 2.05) is 6.07 Å². The van der Waals surface area contributed by atoms with Crippen LogP contribution in [0.5, 0.6) is 0 Å². The van der Waals surface area contributed by atoms with Gasteiger partial charge in [-0.2, -0.15) is 5.26 Å². The highest BCUT2D eigenvalue weighted by Crippen LogP contribution is 2.40. The molecule has 1 aliphatic rings. The fourth-order valence-electron chi connectivity index (χ4n) is 3.53. The van der Waals surface area contributed by atoms with Gasteiger partial charge in [-0.05, 0) is 46.6 Å². The number of benzene rings is 1. The molecule has 30 heavy (non-hydrogen) atoms. The Morgan fingerprint density at radius 3 is 2.33 bits per heavy atom. The third-order valence-electron chi connectivity index (χ3n) is 5.32. The molecule has 0 aromatic heterocycles. The minimum absolute atomic E-state index is 0.168. The van der Waals surface area contributed by atoms with Gasteiger partial charge in [-0.3, -0.25) is 10.1 Å². The minimum atomic E-state index is -4.11. The number of hydrogen-bond donors (Lipinski definition) is 1. The van der Waals surface area contributed by atoms with Crippen molar-refractivity contribution in [2.45, 2.75) is 68.4 Å². The van der Waals surface area contributed by atoms with Crippen molar-refractivity contribution in [2.24, 2.45) is 0 Å². The summed E-state index contributed by atoms with van der Waals surface area (Å²) in [6, 6.07) is 4.73. The SMILES string of the molecule is CC(C)(C)[S@@+]([O-])N[C@@](C)(CS(=O)(=O)C1(C#N)CCCC1)c1cc([N+](=O)[O-])ccc1F. The van der Waals surface area contributed by atoms with E-state index in [0.717, 1.165) is 18.2 Å². The van der Waals surface area contributed by atoms with Crippen LogP contribution in [0.4, 0.5) is 10.1 Å². The third-order valence-corrected chi connectivity index (χ3v) is 9.71. The Labute approximate surface area is 179 Å². The molecule has 1 fully saturated rings. The van der Waals surface area contributed by atoms with Crippen LogP contribution in [0, 0.1) is 27.3 Å². The van der Waals surface area contributed by atoms with Gasteiger partial charge in [-0.15, -0.1) is 4.72 Å². The first-order valence-electron chi connectivity index (χ1n) is 9.45. The van der Waals surface area contributed by atoms with Gasteiger partial charge in [0.25, 0.3) is 5.69 Å². The van der Waals surface area contributed by atoms with Crippen LogP contribution in [-0.2, 0) is 26.7 Å².